The van der Waals surface area contributed by atoms with Crippen LogP contribution in [0.5, 0.6) is 0 Å². The van der Waals surface area contributed by atoms with Gasteiger partial charge in [-0.3, -0.25) is 4.79 Å². The average molecular weight is 295 g/mol. The summed E-state index contributed by atoms with van der Waals surface area (Å²) in [5.74, 6) is -2.96. The highest BCUT2D eigenvalue weighted by atomic mass is 19.3. The van der Waals surface area contributed by atoms with Crippen molar-refractivity contribution in [3.8, 4) is 0 Å². The molecule has 0 radical (unpaired) electrons. The topological polar surface area (TPSA) is 40.5 Å². The highest BCUT2D eigenvalue weighted by Gasteiger charge is 2.46. The summed E-state index contributed by atoms with van der Waals surface area (Å²) in [6.45, 7) is 0.498. The number of halogens is 2. The normalized spacial score (nSPS) is 26.4. The van der Waals surface area contributed by atoms with Gasteiger partial charge in [0.25, 0.3) is 0 Å². The maximum Gasteiger partial charge on any atom is 0.248 e. The molecule has 1 aromatic carbocycles. The van der Waals surface area contributed by atoms with Crippen molar-refractivity contribution in [1.29, 1.82) is 0 Å². The molecule has 5 heteroatoms. The third kappa shape index (κ3) is 2.93. The van der Waals surface area contributed by atoms with Crippen LogP contribution in [0.1, 0.15) is 31.2 Å². The minimum absolute atomic E-state index is 0.112. The van der Waals surface area contributed by atoms with E-state index in [2.05, 4.69) is 0 Å². The van der Waals surface area contributed by atoms with Crippen LogP contribution in [-0.2, 0) is 10.4 Å². The van der Waals surface area contributed by atoms with Gasteiger partial charge in [-0.15, -0.1) is 0 Å². The lowest BCUT2D eigenvalue weighted by molar-refractivity contribution is -0.158. The lowest BCUT2D eigenvalue weighted by Gasteiger charge is -2.47. The summed E-state index contributed by atoms with van der Waals surface area (Å²) in [5.41, 5.74) is -0.197. The van der Waals surface area contributed by atoms with Gasteiger partial charge in [0.15, 0.2) is 0 Å². The predicted molar refractivity (Wildman–Crippen MR) is 73.8 cm³/mol. The summed E-state index contributed by atoms with van der Waals surface area (Å²) in [7, 11) is 0. The first kappa shape index (κ1) is 14.4. The van der Waals surface area contributed by atoms with Gasteiger partial charge in [0.2, 0.25) is 11.8 Å². The van der Waals surface area contributed by atoms with Crippen molar-refractivity contribution in [2.24, 2.45) is 5.92 Å². The molecule has 0 spiro atoms. The molecule has 3 nitrogen and oxygen atoms in total. The Balaban J connectivity index is 1.53. The Morgan fingerprint density at radius 3 is 2.52 bits per heavy atom. The first-order valence-corrected chi connectivity index (χ1v) is 7.31. The number of benzene rings is 1. The maximum absolute atomic E-state index is 13.1. The van der Waals surface area contributed by atoms with Crippen molar-refractivity contribution in [3.63, 3.8) is 0 Å². The monoisotopic (exact) mass is 295 g/mol. The number of alkyl halides is 2. The fourth-order valence-electron chi connectivity index (χ4n) is 3.28. The Morgan fingerprint density at radius 1 is 1.29 bits per heavy atom. The molecule has 1 unspecified atom stereocenters. The van der Waals surface area contributed by atoms with Gasteiger partial charge in [0.05, 0.1) is 13.1 Å². The van der Waals surface area contributed by atoms with Crippen LogP contribution in [0.3, 0.4) is 0 Å². The molecule has 1 aliphatic heterocycles. The quantitative estimate of drug-likeness (QED) is 0.931. The van der Waals surface area contributed by atoms with Gasteiger partial charge in [-0.05, 0) is 17.9 Å². The van der Waals surface area contributed by atoms with Gasteiger partial charge in [-0.2, -0.15) is 0 Å². The number of likely N-dealkylation sites (tertiary alicyclic amines) is 1. The predicted octanol–water partition coefficient (Wildman–Crippen LogP) is 2.54. The van der Waals surface area contributed by atoms with Crippen molar-refractivity contribution in [1.82, 2.24) is 4.90 Å². The molecule has 2 fully saturated rings. The molecule has 1 saturated heterocycles. The largest absolute Gasteiger partial charge is 0.381 e. The van der Waals surface area contributed by atoms with Gasteiger partial charge < -0.3 is 10.0 Å². The number of nitrogens with zero attached hydrogens (tertiary/aromatic N) is 1. The molecule has 1 aromatic rings. The van der Waals surface area contributed by atoms with Crippen molar-refractivity contribution >= 4 is 5.91 Å². The maximum atomic E-state index is 13.1. The van der Waals surface area contributed by atoms with Gasteiger partial charge in [-0.1, -0.05) is 30.3 Å². The molecule has 3 rings (SSSR count). The standard InChI is InChI=1S/C16H19F2NO2/c17-16(18)7-6-12(9-16)8-14(20)19-10-15(21,11-19)13-4-2-1-3-5-13/h1-5,12,21H,6-11H2. The van der Waals surface area contributed by atoms with E-state index in [0.717, 1.165) is 5.56 Å². The second kappa shape index (κ2) is 5.05. The lowest BCUT2D eigenvalue weighted by Crippen LogP contribution is -2.61. The third-order valence-electron chi connectivity index (χ3n) is 4.54. The van der Waals surface area contributed by atoms with Gasteiger partial charge >= 0.3 is 0 Å². The molecule has 1 atom stereocenters. The van der Waals surface area contributed by atoms with Crippen LogP contribution in [0.4, 0.5) is 8.78 Å². The first-order chi connectivity index (χ1) is 9.88. The zero-order chi connectivity index (χ0) is 15.1. The van der Waals surface area contributed by atoms with Crippen molar-refractivity contribution in [2.75, 3.05) is 13.1 Å². The summed E-state index contributed by atoms with van der Waals surface area (Å²) in [4.78, 5) is 13.6. The molecule has 1 aliphatic carbocycles. The zero-order valence-corrected chi connectivity index (χ0v) is 11.8. The molecule has 2 aliphatic rings. The second-order valence-electron chi connectivity index (χ2n) is 6.32. The number of amides is 1. The van der Waals surface area contributed by atoms with E-state index < -0.39 is 11.5 Å². The average Bonchev–Trinajstić information content (AvgIpc) is 2.75. The smallest absolute Gasteiger partial charge is 0.248 e. The Bertz CT molecular complexity index is 526. The number of rotatable bonds is 3. The van der Waals surface area contributed by atoms with Gasteiger partial charge in [0, 0.05) is 19.3 Å². The van der Waals surface area contributed by atoms with E-state index >= 15 is 0 Å². The molecular weight excluding hydrogens is 276 g/mol. The molecule has 1 saturated carbocycles. The Morgan fingerprint density at radius 2 is 1.95 bits per heavy atom. The van der Waals surface area contributed by atoms with Crippen LogP contribution in [0.2, 0.25) is 0 Å². The van der Waals surface area contributed by atoms with Crippen LogP contribution < -0.4 is 0 Å². The molecule has 0 aromatic heterocycles. The van der Waals surface area contributed by atoms with E-state index in [0.29, 0.717) is 6.42 Å². The van der Waals surface area contributed by atoms with E-state index in [9.17, 15) is 18.7 Å². The highest BCUT2D eigenvalue weighted by molar-refractivity contribution is 5.78. The molecule has 114 valence electrons. The Hall–Kier alpha value is -1.49. The van der Waals surface area contributed by atoms with Crippen molar-refractivity contribution in [2.45, 2.75) is 37.2 Å². The summed E-state index contributed by atoms with van der Waals surface area (Å²) in [6.07, 6.45) is 0.282. The number of hydrogen-bond donors (Lipinski definition) is 1. The molecule has 1 amide bonds. The van der Waals surface area contributed by atoms with Crippen LogP contribution >= 0.6 is 0 Å². The van der Waals surface area contributed by atoms with E-state index in [-0.39, 0.29) is 44.2 Å². The lowest BCUT2D eigenvalue weighted by atomic mass is 9.85. The number of aliphatic hydroxyl groups is 1. The van der Waals surface area contributed by atoms with E-state index in [1.165, 1.54) is 0 Å². The Labute approximate surface area is 122 Å². The summed E-state index contributed by atoms with van der Waals surface area (Å²) in [6, 6.07) is 9.23. The molecule has 1 N–H and O–H groups in total. The minimum Gasteiger partial charge on any atom is -0.381 e. The van der Waals surface area contributed by atoms with Crippen molar-refractivity contribution in [3.05, 3.63) is 35.9 Å². The van der Waals surface area contributed by atoms with E-state index in [1.807, 2.05) is 30.3 Å². The number of hydrogen-bond acceptors (Lipinski definition) is 2. The number of carbonyl (C=O) groups excluding carboxylic acids is 1. The fourth-order valence-corrected chi connectivity index (χ4v) is 3.28. The summed E-state index contributed by atoms with van der Waals surface area (Å²) < 4.78 is 26.2. The highest BCUT2D eigenvalue weighted by Crippen LogP contribution is 2.41. The molecule has 1 heterocycles. The molecule has 21 heavy (non-hydrogen) atoms. The van der Waals surface area contributed by atoms with Gasteiger partial charge in [-0.25, -0.2) is 8.78 Å². The van der Waals surface area contributed by atoms with Crippen molar-refractivity contribution < 1.29 is 18.7 Å². The second-order valence-corrected chi connectivity index (χ2v) is 6.32. The summed E-state index contributed by atoms with van der Waals surface area (Å²) >= 11 is 0. The van der Waals surface area contributed by atoms with Gasteiger partial charge in [0.1, 0.15) is 5.60 Å². The number of carbonyl (C=O) groups is 1. The third-order valence-corrected chi connectivity index (χ3v) is 4.54. The van der Waals surface area contributed by atoms with E-state index in [1.54, 1.807) is 4.90 Å². The summed E-state index contributed by atoms with van der Waals surface area (Å²) in [5, 5.41) is 10.4. The molecule has 0 bridgehead atoms. The Kier molecular flexibility index (Phi) is 3.48. The van der Waals surface area contributed by atoms with Crippen LogP contribution in [0.25, 0.3) is 0 Å². The fraction of sp³-hybridized carbons (Fsp3) is 0.562. The SMILES string of the molecule is O=C(CC1CCC(F)(F)C1)N1CC(O)(c2ccccc2)C1. The number of β-amino-alcohol motifs (C(OH)–C–C–N with tert-alkyl or cyclic N) is 1. The minimum atomic E-state index is -2.61. The van der Waals surface area contributed by atoms with Crippen LogP contribution in [0.15, 0.2) is 30.3 Å². The van der Waals surface area contributed by atoms with Crippen LogP contribution in [-0.4, -0.2) is 34.9 Å². The molecular formula is C16H19F2NO2. The van der Waals surface area contributed by atoms with E-state index in [4.69, 9.17) is 0 Å². The van der Waals surface area contributed by atoms with Crippen LogP contribution in [0, 0.1) is 5.92 Å². The first-order valence-electron chi connectivity index (χ1n) is 7.31. The zero-order valence-electron chi connectivity index (χ0n) is 11.8.